The molecule has 0 radical (unpaired) electrons. The van der Waals surface area contributed by atoms with Gasteiger partial charge in [0.05, 0.1) is 16.8 Å². The predicted molar refractivity (Wildman–Crippen MR) is 106 cm³/mol. The van der Waals surface area contributed by atoms with Crippen molar-refractivity contribution < 1.29 is 0 Å². The van der Waals surface area contributed by atoms with Gasteiger partial charge in [0, 0.05) is 22.7 Å². The highest BCUT2D eigenvalue weighted by Gasteiger charge is 2.15. The molecule has 6 nitrogen and oxygen atoms in total. The second-order valence-electron chi connectivity index (χ2n) is 5.70. The molecule has 0 fully saturated rings. The van der Waals surface area contributed by atoms with Gasteiger partial charge in [-0.25, -0.2) is 9.66 Å². The maximum Gasteiger partial charge on any atom is 0.210 e. The summed E-state index contributed by atoms with van der Waals surface area (Å²) >= 11 is 13.6. The number of aryl methyl sites for hydroxylation is 1. The summed E-state index contributed by atoms with van der Waals surface area (Å²) < 4.78 is 3.50. The maximum atomic E-state index is 6.17. The monoisotopic (exact) mass is 404 g/mol. The molecule has 0 amide bonds. The second-order valence-corrected chi connectivity index (χ2v) is 7.51. The van der Waals surface area contributed by atoms with Crippen LogP contribution in [-0.2, 0) is 12.8 Å². The Morgan fingerprint density at radius 3 is 2.69 bits per heavy atom. The fraction of sp³-hybridized carbons (Fsp3) is 0.118. The van der Waals surface area contributed by atoms with E-state index in [0.29, 0.717) is 26.8 Å². The Balaban J connectivity index is 1.58. The number of fused-ring (bicyclic) bond motifs is 1. The van der Waals surface area contributed by atoms with Crippen molar-refractivity contribution in [3.63, 3.8) is 0 Å². The number of nitrogens with two attached hydrogens (primary N) is 1. The van der Waals surface area contributed by atoms with Gasteiger partial charge in [-0.15, -0.1) is 10.2 Å². The smallest absolute Gasteiger partial charge is 0.210 e. The SMILES string of the molecule is Cn1c(CSc2nnc(-c3cccc(Cl)c3)n2N)nc2cc(Cl)ccc21. The van der Waals surface area contributed by atoms with Crippen LogP contribution in [0.2, 0.25) is 10.0 Å². The molecular weight excluding hydrogens is 391 g/mol. The molecule has 0 aliphatic carbocycles. The molecule has 2 heterocycles. The minimum Gasteiger partial charge on any atom is -0.335 e. The molecule has 2 N–H and O–H groups in total. The summed E-state index contributed by atoms with van der Waals surface area (Å²) in [6, 6.07) is 13.0. The van der Waals surface area contributed by atoms with Gasteiger partial charge >= 0.3 is 0 Å². The van der Waals surface area contributed by atoms with Crippen molar-refractivity contribution in [1.82, 2.24) is 24.4 Å². The lowest BCUT2D eigenvalue weighted by atomic mass is 10.2. The van der Waals surface area contributed by atoms with Crippen LogP contribution in [0, 0.1) is 0 Å². The van der Waals surface area contributed by atoms with E-state index in [1.54, 1.807) is 12.1 Å². The molecule has 26 heavy (non-hydrogen) atoms. The molecule has 0 aliphatic rings. The number of aromatic nitrogens is 5. The van der Waals surface area contributed by atoms with Gasteiger partial charge in [-0.05, 0) is 30.3 Å². The first-order valence-corrected chi connectivity index (χ1v) is 9.47. The molecule has 0 bridgehead atoms. The van der Waals surface area contributed by atoms with Crippen LogP contribution in [0.25, 0.3) is 22.4 Å². The zero-order valence-electron chi connectivity index (χ0n) is 13.7. The third kappa shape index (κ3) is 3.13. The van der Waals surface area contributed by atoms with E-state index in [0.717, 1.165) is 22.4 Å². The Labute approximate surface area is 163 Å². The quantitative estimate of drug-likeness (QED) is 0.408. The summed E-state index contributed by atoms with van der Waals surface area (Å²) in [4.78, 5) is 4.64. The van der Waals surface area contributed by atoms with Gasteiger partial charge in [0.1, 0.15) is 5.82 Å². The van der Waals surface area contributed by atoms with E-state index >= 15 is 0 Å². The van der Waals surface area contributed by atoms with Crippen LogP contribution in [-0.4, -0.2) is 24.4 Å². The van der Waals surface area contributed by atoms with Crippen LogP contribution in [0.5, 0.6) is 0 Å². The summed E-state index contributed by atoms with van der Waals surface area (Å²) in [6.07, 6.45) is 0. The molecule has 0 spiro atoms. The van der Waals surface area contributed by atoms with Crippen molar-refractivity contribution >= 4 is 46.0 Å². The van der Waals surface area contributed by atoms with Crippen molar-refractivity contribution in [3.05, 3.63) is 58.3 Å². The van der Waals surface area contributed by atoms with Crippen molar-refractivity contribution in [3.8, 4) is 11.4 Å². The number of hydrogen-bond donors (Lipinski definition) is 1. The van der Waals surface area contributed by atoms with E-state index < -0.39 is 0 Å². The van der Waals surface area contributed by atoms with Crippen LogP contribution >= 0.6 is 35.0 Å². The summed E-state index contributed by atoms with van der Waals surface area (Å²) in [5.74, 6) is 8.23. The molecule has 4 rings (SSSR count). The van der Waals surface area contributed by atoms with Crippen LogP contribution in [0.15, 0.2) is 47.6 Å². The predicted octanol–water partition coefficient (Wildman–Crippen LogP) is 4.14. The second kappa shape index (κ2) is 6.83. The minimum atomic E-state index is 0.562. The molecule has 0 unspecified atom stereocenters. The van der Waals surface area contributed by atoms with E-state index in [4.69, 9.17) is 29.0 Å². The fourth-order valence-electron chi connectivity index (χ4n) is 2.68. The number of nitrogen functional groups attached to an aromatic ring is 1. The van der Waals surface area contributed by atoms with Crippen molar-refractivity contribution in [2.75, 3.05) is 5.84 Å². The summed E-state index contributed by atoms with van der Waals surface area (Å²) in [6.45, 7) is 0. The Hall–Kier alpha value is -2.22. The van der Waals surface area contributed by atoms with Gasteiger partial charge in [-0.2, -0.15) is 0 Å². The summed E-state index contributed by atoms with van der Waals surface area (Å²) in [5, 5.41) is 10.3. The molecule has 0 aliphatic heterocycles. The Bertz CT molecular complexity index is 1100. The first kappa shape index (κ1) is 17.2. The number of benzene rings is 2. The van der Waals surface area contributed by atoms with Crippen molar-refractivity contribution in [1.29, 1.82) is 0 Å². The average Bonchev–Trinajstić information content (AvgIpc) is 3.13. The highest BCUT2D eigenvalue weighted by atomic mass is 35.5. The van der Waals surface area contributed by atoms with E-state index in [9.17, 15) is 0 Å². The van der Waals surface area contributed by atoms with Crippen molar-refractivity contribution in [2.45, 2.75) is 10.9 Å². The molecule has 9 heteroatoms. The van der Waals surface area contributed by atoms with Gasteiger partial charge in [0.25, 0.3) is 0 Å². The van der Waals surface area contributed by atoms with Crippen LogP contribution in [0.3, 0.4) is 0 Å². The number of nitrogens with zero attached hydrogens (tertiary/aromatic N) is 5. The number of thioether (sulfide) groups is 1. The number of hydrogen-bond acceptors (Lipinski definition) is 5. The largest absolute Gasteiger partial charge is 0.335 e. The zero-order chi connectivity index (χ0) is 18.3. The first-order chi connectivity index (χ1) is 12.5. The standard InChI is InChI=1S/C17H14Cl2N6S/c1-24-14-6-5-12(19)8-13(14)21-15(24)9-26-17-23-22-16(25(17)20)10-3-2-4-11(18)7-10/h2-8H,9,20H2,1H3. The molecule has 2 aromatic heterocycles. The number of halogens is 2. The van der Waals surface area contributed by atoms with Gasteiger partial charge in [-0.3, -0.25) is 0 Å². The third-order valence-electron chi connectivity index (χ3n) is 4.01. The summed E-state index contributed by atoms with van der Waals surface area (Å²) in [7, 11) is 1.98. The van der Waals surface area contributed by atoms with E-state index in [2.05, 4.69) is 15.2 Å². The Kier molecular flexibility index (Phi) is 4.52. The zero-order valence-corrected chi connectivity index (χ0v) is 16.1. The Morgan fingerprint density at radius 1 is 1.08 bits per heavy atom. The van der Waals surface area contributed by atoms with E-state index in [-0.39, 0.29) is 0 Å². The number of rotatable bonds is 4. The fourth-order valence-corrected chi connectivity index (χ4v) is 3.88. The van der Waals surface area contributed by atoms with Crippen molar-refractivity contribution in [2.24, 2.45) is 7.05 Å². The van der Waals surface area contributed by atoms with Crippen LogP contribution < -0.4 is 5.84 Å². The summed E-state index contributed by atoms with van der Waals surface area (Å²) in [5.41, 5.74) is 2.71. The molecule has 2 aromatic carbocycles. The Morgan fingerprint density at radius 2 is 1.88 bits per heavy atom. The lowest BCUT2D eigenvalue weighted by Crippen LogP contribution is -2.11. The topological polar surface area (TPSA) is 74.5 Å². The van der Waals surface area contributed by atoms with Gasteiger partial charge in [0.15, 0.2) is 5.82 Å². The molecule has 0 saturated heterocycles. The normalized spacial score (nSPS) is 11.3. The van der Waals surface area contributed by atoms with Gasteiger partial charge < -0.3 is 10.4 Å². The highest BCUT2D eigenvalue weighted by Crippen LogP contribution is 2.27. The third-order valence-corrected chi connectivity index (χ3v) is 5.42. The molecule has 4 aromatic rings. The molecular formula is C17H14Cl2N6S. The first-order valence-electron chi connectivity index (χ1n) is 7.73. The van der Waals surface area contributed by atoms with E-state index in [1.807, 2.05) is 41.9 Å². The van der Waals surface area contributed by atoms with Crippen LogP contribution in [0.4, 0.5) is 0 Å². The molecule has 0 saturated carbocycles. The van der Waals surface area contributed by atoms with Crippen LogP contribution in [0.1, 0.15) is 5.82 Å². The lowest BCUT2D eigenvalue weighted by Gasteiger charge is -2.04. The number of imidazole rings is 1. The van der Waals surface area contributed by atoms with E-state index in [1.165, 1.54) is 16.4 Å². The van der Waals surface area contributed by atoms with Gasteiger partial charge in [-0.1, -0.05) is 47.1 Å². The highest BCUT2D eigenvalue weighted by molar-refractivity contribution is 7.98. The maximum absolute atomic E-state index is 6.17. The van der Waals surface area contributed by atoms with Gasteiger partial charge in [0.2, 0.25) is 5.16 Å². The minimum absolute atomic E-state index is 0.562. The average molecular weight is 405 g/mol. The lowest BCUT2D eigenvalue weighted by molar-refractivity contribution is 0.840. The molecule has 0 atom stereocenters. The molecule has 132 valence electrons.